The van der Waals surface area contributed by atoms with Gasteiger partial charge in [0, 0.05) is 24.3 Å². The quantitative estimate of drug-likeness (QED) is 0.866. The van der Waals surface area contributed by atoms with Crippen molar-refractivity contribution in [3.05, 3.63) is 24.3 Å². The number of anilines is 1. The van der Waals surface area contributed by atoms with Crippen molar-refractivity contribution < 1.29 is 9.53 Å². The van der Waals surface area contributed by atoms with Crippen LogP contribution in [0, 0.1) is 5.92 Å². The largest absolute Gasteiger partial charge is 0.497 e. The summed E-state index contributed by atoms with van der Waals surface area (Å²) in [7, 11) is 1.61. The molecule has 1 aliphatic rings. The molecule has 0 aromatic heterocycles. The number of likely N-dealkylation sites (tertiary alicyclic amines) is 1. The zero-order valence-corrected chi connectivity index (χ0v) is 12.8. The van der Waals surface area contributed by atoms with E-state index < -0.39 is 0 Å². The van der Waals surface area contributed by atoms with E-state index in [0.29, 0.717) is 25.0 Å². The van der Waals surface area contributed by atoms with Gasteiger partial charge in [0.25, 0.3) is 0 Å². The first-order valence-corrected chi connectivity index (χ1v) is 7.52. The minimum Gasteiger partial charge on any atom is -0.497 e. The van der Waals surface area contributed by atoms with Crippen molar-refractivity contribution in [2.45, 2.75) is 25.8 Å². The maximum atomic E-state index is 12.2. The molecule has 1 heterocycles. The molecule has 1 aliphatic heterocycles. The van der Waals surface area contributed by atoms with Crippen LogP contribution in [-0.2, 0) is 4.79 Å². The van der Waals surface area contributed by atoms with Gasteiger partial charge in [0.1, 0.15) is 5.75 Å². The van der Waals surface area contributed by atoms with Crippen LogP contribution in [0.15, 0.2) is 24.3 Å². The lowest BCUT2D eigenvalue weighted by Gasteiger charge is -2.38. The summed E-state index contributed by atoms with van der Waals surface area (Å²) in [6.45, 7) is 4.15. The molecule has 0 saturated carbocycles. The third-order valence-corrected chi connectivity index (χ3v) is 4.17. The molecule has 2 unspecified atom stereocenters. The highest BCUT2D eigenvalue weighted by Gasteiger charge is 2.28. The van der Waals surface area contributed by atoms with E-state index in [2.05, 4.69) is 17.1 Å². The van der Waals surface area contributed by atoms with Crippen LogP contribution >= 0.6 is 0 Å². The third kappa shape index (κ3) is 4.19. The fraction of sp³-hybridized carbons (Fsp3) is 0.562. The molecule has 21 heavy (non-hydrogen) atoms. The average Bonchev–Trinajstić information content (AvgIpc) is 2.47. The highest BCUT2D eigenvalue weighted by Crippen LogP contribution is 2.22. The van der Waals surface area contributed by atoms with Gasteiger partial charge in [0.2, 0.25) is 5.91 Å². The van der Waals surface area contributed by atoms with Crippen molar-refractivity contribution in [1.82, 2.24) is 4.90 Å². The van der Waals surface area contributed by atoms with Crippen LogP contribution in [0.5, 0.6) is 5.75 Å². The predicted molar refractivity (Wildman–Crippen MR) is 84.4 cm³/mol. The van der Waals surface area contributed by atoms with Gasteiger partial charge in [-0.25, -0.2) is 0 Å². The summed E-state index contributed by atoms with van der Waals surface area (Å²) >= 11 is 0. The Morgan fingerprint density at radius 3 is 3.05 bits per heavy atom. The molecule has 2 atom stereocenters. The number of carbonyl (C=O) groups excluding carboxylic acids is 1. The second-order valence-corrected chi connectivity index (χ2v) is 5.67. The first-order chi connectivity index (χ1) is 10.1. The minimum atomic E-state index is -0.00389. The fourth-order valence-electron chi connectivity index (χ4n) is 3.00. The van der Waals surface area contributed by atoms with Crippen molar-refractivity contribution in [3.63, 3.8) is 0 Å². The van der Waals surface area contributed by atoms with Gasteiger partial charge in [-0.05, 0) is 37.4 Å². The van der Waals surface area contributed by atoms with E-state index in [4.69, 9.17) is 10.5 Å². The number of ether oxygens (including phenoxy) is 1. The molecule has 0 radical (unpaired) electrons. The Kier molecular flexibility index (Phi) is 5.59. The van der Waals surface area contributed by atoms with Gasteiger partial charge in [-0.15, -0.1) is 0 Å². The van der Waals surface area contributed by atoms with Crippen LogP contribution in [-0.4, -0.2) is 43.6 Å². The number of carbonyl (C=O) groups is 1. The van der Waals surface area contributed by atoms with E-state index in [1.165, 1.54) is 6.42 Å². The van der Waals surface area contributed by atoms with E-state index in [0.717, 1.165) is 24.4 Å². The van der Waals surface area contributed by atoms with Gasteiger partial charge in [0.05, 0.1) is 13.7 Å². The number of benzene rings is 1. The van der Waals surface area contributed by atoms with Gasteiger partial charge in [-0.3, -0.25) is 9.69 Å². The van der Waals surface area contributed by atoms with E-state index >= 15 is 0 Å². The molecule has 1 aromatic rings. The number of hydrogen-bond donors (Lipinski definition) is 2. The molecule has 2 rings (SSSR count). The molecule has 0 bridgehead atoms. The summed E-state index contributed by atoms with van der Waals surface area (Å²) in [5.74, 6) is 1.28. The number of hydrogen-bond acceptors (Lipinski definition) is 4. The Morgan fingerprint density at radius 1 is 1.52 bits per heavy atom. The Hall–Kier alpha value is -1.59. The average molecular weight is 291 g/mol. The molecule has 5 heteroatoms. The minimum absolute atomic E-state index is 0.00389. The second-order valence-electron chi connectivity index (χ2n) is 5.67. The molecule has 116 valence electrons. The van der Waals surface area contributed by atoms with Crippen molar-refractivity contribution >= 4 is 11.6 Å². The molecule has 1 aromatic carbocycles. The lowest BCUT2D eigenvalue weighted by molar-refractivity contribution is -0.118. The molecule has 0 aliphatic carbocycles. The summed E-state index contributed by atoms with van der Waals surface area (Å²) in [6, 6.07) is 7.69. The standard InChI is InChI=1S/C16H25N3O2/c1-12-5-4-8-19(15(12)10-17)11-16(20)18-13-6-3-7-14(9-13)21-2/h3,6-7,9,12,15H,4-5,8,10-11,17H2,1-2H3,(H,18,20). The lowest BCUT2D eigenvalue weighted by Crippen LogP contribution is -2.51. The maximum Gasteiger partial charge on any atom is 0.238 e. The maximum absolute atomic E-state index is 12.2. The lowest BCUT2D eigenvalue weighted by atomic mass is 9.91. The first kappa shape index (κ1) is 15.8. The first-order valence-electron chi connectivity index (χ1n) is 7.52. The summed E-state index contributed by atoms with van der Waals surface area (Å²) in [5, 5.41) is 2.92. The number of nitrogens with zero attached hydrogens (tertiary/aromatic N) is 1. The van der Waals surface area contributed by atoms with E-state index in [1.807, 2.05) is 24.3 Å². The normalized spacial score (nSPS) is 22.8. The van der Waals surface area contributed by atoms with Crippen LogP contribution in [0.25, 0.3) is 0 Å². The molecular weight excluding hydrogens is 266 g/mol. The van der Waals surface area contributed by atoms with Crippen LogP contribution < -0.4 is 15.8 Å². The summed E-state index contributed by atoms with van der Waals surface area (Å²) in [4.78, 5) is 14.4. The van der Waals surface area contributed by atoms with Gasteiger partial charge in [0.15, 0.2) is 0 Å². The summed E-state index contributed by atoms with van der Waals surface area (Å²) in [5.41, 5.74) is 6.62. The Balaban J connectivity index is 1.94. The highest BCUT2D eigenvalue weighted by atomic mass is 16.5. The number of amides is 1. The molecule has 1 amide bonds. The topological polar surface area (TPSA) is 67.6 Å². The zero-order valence-electron chi connectivity index (χ0n) is 12.8. The number of methoxy groups -OCH3 is 1. The predicted octanol–water partition coefficient (Wildman–Crippen LogP) is 1.69. The number of piperidine rings is 1. The molecule has 3 N–H and O–H groups in total. The zero-order chi connectivity index (χ0) is 15.2. The van der Waals surface area contributed by atoms with Crippen LogP contribution in [0.3, 0.4) is 0 Å². The van der Waals surface area contributed by atoms with E-state index in [9.17, 15) is 4.79 Å². The summed E-state index contributed by atoms with van der Waals surface area (Å²) < 4.78 is 5.16. The van der Waals surface area contributed by atoms with Gasteiger partial charge in [-0.2, -0.15) is 0 Å². The molecule has 1 saturated heterocycles. The Bertz CT molecular complexity index is 478. The van der Waals surface area contributed by atoms with Crippen LogP contribution in [0.1, 0.15) is 19.8 Å². The number of rotatable bonds is 5. The monoisotopic (exact) mass is 291 g/mol. The Morgan fingerprint density at radius 2 is 2.33 bits per heavy atom. The smallest absolute Gasteiger partial charge is 0.238 e. The SMILES string of the molecule is COc1cccc(NC(=O)CN2CCCC(C)C2CN)c1. The van der Waals surface area contributed by atoms with Crippen molar-refractivity contribution in [1.29, 1.82) is 0 Å². The fourth-order valence-corrected chi connectivity index (χ4v) is 3.00. The van der Waals surface area contributed by atoms with Crippen LogP contribution in [0.2, 0.25) is 0 Å². The third-order valence-electron chi connectivity index (χ3n) is 4.17. The molecule has 0 spiro atoms. The van der Waals surface area contributed by atoms with E-state index in [-0.39, 0.29) is 5.91 Å². The van der Waals surface area contributed by atoms with Crippen LogP contribution in [0.4, 0.5) is 5.69 Å². The summed E-state index contributed by atoms with van der Waals surface area (Å²) in [6.07, 6.45) is 2.32. The number of nitrogens with one attached hydrogen (secondary N) is 1. The van der Waals surface area contributed by atoms with Crippen molar-refractivity contribution in [3.8, 4) is 5.75 Å². The van der Waals surface area contributed by atoms with Gasteiger partial charge < -0.3 is 15.8 Å². The van der Waals surface area contributed by atoms with Crippen molar-refractivity contribution in [2.75, 3.05) is 32.1 Å². The van der Waals surface area contributed by atoms with Crippen molar-refractivity contribution in [2.24, 2.45) is 11.7 Å². The number of nitrogens with two attached hydrogens (primary N) is 1. The molecule has 1 fully saturated rings. The highest BCUT2D eigenvalue weighted by molar-refractivity contribution is 5.92. The molecule has 5 nitrogen and oxygen atoms in total. The van der Waals surface area contributed by atoms with Gasteiger partial charge >= 0.3 is 0 Å². The van der Waals surface area contributed by atoms with E-state index in [1.54, 1.807) is 7.11 Å². The Labute approximate surface area is 126 Å². The second kappa shape index (κ2) is 7.43. The molecular formula is C16H25N3O2. The van der Waals surface area contributed by atoms with Gasteiger partial charge in [-0.1, -0.05) is 13.0 Å².